The number of amides is 2. The number of hydrogen-bond acceptors (Lipinski definition) is 5. The van der Waals surface area contributed by atoms with E-state index < -0.39 is 0 Å². The normalized spacial score (nSPS) is 15.5. The highest BCUT2D eigenvalue weighted by atomic mass is 32.1. The van der Waals surface area contributed by atoms with Crippen LogP contribution in [0.3, 0.4) is 0 Å². The van der Waals surface area contributed by atoms with Crippen molar-refractivity contribution in [2.45, 2.75) is 13.3 Å². The number of nitrogens with one attached hydrogen (secondary N) is 1. The van der Waals surface area contributed by atoms with Gasteiger partial charge in [-0.15, -0.1) is 11.3 Å². The van der Waals surface area contributed by atoms with E-state index in [9.17, 15) is 9.59 Å². The number of carbonyl (C=O) groups excluding carboxylic acids is 2. The van der Waals surface area contributed by atoms with E-state index in [-0.39, 0.29) is 11.8 Å². The Labute approximate surface area is 157 Å². The molecular formula is C19H24N4O2S. The first-order chi connectivity index (χ1) is 12.7. The third-order valence-corrected chi connectivity index (χ3v) is 5.25. The number of benzene rings is 1. The minimum atomic E-state index is -0.0247. The first-order valence-corrected chi connectivity index (χ1v) is 9.84. The van der Waals surface area contributed by atoms with Gasteiger partial charge in [-0.05, 0) is 13.3 Å². The molecule has 2 heterocycles. The molecule has 2 aromatic rings. The van der Waals surface area contributed by atoms with Crippen molar-refractivity contribution in [3.8, 4) is 10.6 Å². The molecule has 2 amide bonds. The van der Waals surface area contributed by atoms with Crippen LogP contribution in [0.15, 0.2) is 35.7 Å². The molecule has 1 aromatic carbocycles. The van der Waals surface area contributed by atoms with Crippen LogP contribution in [0.25, 0.3) is 10.6 Å². The first kappa shape index (κ1) is 18.5. The first-order valence-electron chi connectivity index (χ1n) is 8.96. The van der Waals surface area contributed by atoms with Crippen molar-refractivity contribution < 1.29 is 9.59 Å². The zero-order valence-electron chi connectivity index (χ0n) is 15.0. The van der Waals surface area contributed by atoms with E-state index >= 15 is 0 Å². The van der Waals surface area contributed by atoms with E-state index in [1.807, 2.05) is 47.5 Å². The average Bonchev–Trinajstić information content (AvgIpc) is 3.03. The predicted octanol–water partition coefficient (Wildman–Crippen LogP) is 2.09. The van der Waals surface area contributed by atoms with Crippen molar-refractivity contribution in [3.05, 3.63) is 41.4 Å². The number of carbonyl (C=O) groups is 2. The number of aromatic nitrogens is 1. The summed E-state index contributed by atoms with van der Waals surface area (Å²) in [4.78, 5) is 33.0. The molecule has 0 aliphatic carbocycles. The molecule has 0 spiro atoms. The Hall–Kier alpha value is -2.25. The summed E-state index contributed by atoms with van der Waals surface area (Å²) in [5, 5.41) is 5.52. The van der Waals surface area contributed by atoms with Gasteiger partial charge in [-0.3, -0.25) is 14.5 Å². The van der Waals surface area contributed by atoms with Crippen LogP contribution in [-0.2, 0) is 4.79 Å². The lowest BCUT2D eigenvalue weighted by Crippen LogP contribution is -2.40. The maximum atomic E-state index is 12.8. The lowest BCUT2D eigenvalue weighted by molar-refractivity contribution is -0.122. The van der Waals surface area contributed by atoms with E-state index in [0.29, 0.717) is 38.4 Å². The summed E-state index contributed by atoms with van der Waals surface area (Å²) in [5.41, 5.74) is 1.53. The summed E-state index contributed by atoms with van der Waals surface area (Å²) in [7, 11) is 0. The van der Waals surface area contributed by atoms with E-state index in [0.717, 1.165) is 23.5 Å². The number of nitrogens with zero attached hydrogens (tertiary/aromatic N) is 3. The van der Waals surface area contributed by atoms with Gasteiger partial charge in [0.25, 0.3) is 5.91 Å². The Morgan fingerprint density at radius 2 is 1.96 bits per heavy atom. The molecule has 0 radical (unpaired) electrons. The van der Waals surface area contributed by atoms with Crippen molar-refractivity contribution in [2.24, 2.45) is 0 Å². The van der Waals surface area contributed by atoms with Crippen molar-refractivity contribution in [1.29, 1.82) is 0 Å². The minimum absolute atomic E-state index is 0.0247. The molecule has 7 heteroatoms. The molecule has 3 rings (SSSR count). The molecule has 1 N–H and O–H groups in total. The molecule has 26 heavy (non-hydrogen) atoms. The Morgan fingerprint density at radius 3 is 2.73 bits per heavy atom. The topological polar surface area (TPSA) is 65.5 Å². The highest BCUT2D eigenvalue weighted by Crippen LogP contribution is 2.24. The summed E-state index contributed by atoms with van der Waals surface area (Å²) < 4.78 is 0. The lowest BCUT2D eigenvalue weighted by atomic mass is 10.2. The molecule has 1 aliphatic heterocycles. The molecule has 1 fully saturated rings. The van der Waals surface area contributed by atoms with Gasteiger partial charge < -0.3 is 10.2 Å². The Bertz CT molecular complexity index is 747. The van der Waals surface area contributed by atoms with Crippen molar-refractivity contribution in [2.75, 3.05) is 39.3 Å². The summed E-state index contributed by atoms with van der Waals surface area (Å²) >= 11 is 1.49. The maximum absolute atomic E-state index is 12.8. The van der Waals surface area contributed by atoms with Crippen LogP contribution in [-0.4, -0.2) is 65.9 Å². The van der Waals surface area contributed by atoms with Gasteiger partial charge in [0.1, 0.15) is 10.7 Å². The van der Waals surface area contributed by atoms with Gasteiger partial charge in [-0.25, -0.2) is 4.98 Å². The van der Waals surface area contributed by atoms with Crippen LogP contribution in [0.4, 0.5) is 0 Å². The highest BCUT2D eigenvalue weighted by molar-refractivity contribution is 7.13. The molecule has 0 unspecified atom stereocenters. The monoisotopic (exact) mass is 372 g/mol. The molecule has 138 valence electrons. The largest absolute Gasteiger partial charge is 0.355 e. The Morgan fingerprint density at radius 1 is 1.15 bits per heavy atom. The van der Waals surface area contributed by atoms with Crippen LogP contribution >= 0.6 is 11.3 Å². The predicted molar refractivity (Wildman–Crippen MR) is 103 cm³/mol. The third kappa shape index (κ3) is 4.68. The Kier molecular flexibility index (Phi) is 6.35. The van der Waals surface area contributed by atoms with Gasteiger partial charge in [0.15, 0.2) is 0 Å². The number of likely N-dealkylation sites (N-methyl/N-ethyl adjacent to an activating group) is 1. The zero-order valence-corrected chi connectivity index (χ0v) is 15.8. The molecule has 1 aromatic heterocycles. The number of hydrogen-bond donors (Lipinski definition) is 1. The number of thiazole rings is 1. The second-order valence-electron chi connectivity index (χ2n) is 6.28. The van der Waals surface area contributed by atoms with E-state index in [1.165, 1.54) is 11.3 Å². The molecule has 1 aliphatic rings. The van der Waals surface area contributed by atoms with E-state index in [1.54, 1.807) is 0 Å². The van der Waals surface area contributed by atoms with Crippen molar-refractivity contribution in [3.63, 3.8) is 0 Å². The van der Waals surface area contributed by atoms with E-state index in [2.05, 4.69) is 15.2 Å². The SMILES string of the molecule is CCNC(=O)CN1CCCN(C(=O)c2csc(-c3ccccc3)n2)CC1. The third-order valence-electron chi connectivity index (χ3n) is 4.36. The fraction of sp³-hybridized carbons (Fsp3) is 0.421. The van der Waals surface area contributed by atoms with Crippen LogP contribution < -0.4 is 5.32 Å². The van der Waals surface area contributed by atoms with Crippen LogP contribution in [0.5, 0.6) is 0 Å². The lowest BCUT2D eigenvalue weighted by Gasteiger charge is -2.21. The smallest absolute Gasteiger partial charge is 0.273 e. The second-order valence-corrected chi connectivity index (χ2v) is 7.14. The van der Waals surface area contributed by atoms with Gasteiger partial charge in [-0.2, -0.15) is 0 Å². The fourth-order valence-electron chi connectivity index (χ4n) is 3.04. The van der Waals surface area contributed by atoms with Crippen LogP contribution in [0.2, 0.25) is 0 Å². The van der Waals surface area contributed by atoms with Gasteiger partial charge in [0.2, 0.25) is 5.91 Å². The van der Waals surface area contributed by atoms with Gasteiger partial charge in [0.05, 0.1) is 6.54 Å². The molecule has 1 saturated heterocycles. The van der Waals surface area contributed by atoms with Crippen molar-refractivity contribution >= 4 is 23.2 Å². The molecule has 0 saturated carbocycles. The second kappa shape index (κ2) is 8.91. The number of rotatable bonds is 5. The summed E-state index contributed by atoms with van der Waals surface area (Å²) in [6.07, 6.45) is 0.862. The Balaban J connectivity index is 1.60. The van der Waals surface area contributed by atoms with Gasteiger partial charge >= 0.3 is 0 Å². The minimum Gasteiger partial charge on any atom is -0.355 e. The van der Waals surface area contributed by atoms with E-state index in [4.69, 9.17) is 0 Å². The highest BCUT2D eigenvalue weighted by Gasteiger charge is 2.23. The average molecular weight is 372 g/mol. The van der Waals surface area contributed by atoms with Crippen LogP contribution in [0, 0.1) is 0 Å². The van der Waals surface area contributed by atoms with Crippen LogP contribution in [0.1, 0.15) is 23.8 Å². The molecule has 6 nitrogen and oxygen atoms in total. The maximum Gasteiger partial charge on any atom is 0.273 e. The standard InChI is InChI=1S/C19H24N4O2S/c1-2-20-17(24)13-22-9-6-10-23(12-11-22)19(25)16-14-26-18(21-16)15-7-4-3-5-8-15/h3-5,7-8,14H,2,6,9-13H2,1H3,(H,20,24). The molecule has 0 atom stereocenters. The summed E-state index contributed by atoms with van der Waals surface area (Å²) in [6.45, 7) is 5.80. The fourth-order valence-corrected chi connectivity index (χ4v) is 3.84. The quantitative estimate of drug-likeness (QED) is 0.873. The van der Waals surface area contributed by atoms with Gasteiger partial charge in [-0.1, -0.05) is 30.3 Å². The summed E-state index contributed by atoms with van der Waals surface area (Å²) in [5.74, 6) is 0.0163. The molecule has 0 bridgehead atoms. The zero-order chi connectivity index (χ0) is 18.4. The molecular weight excluding hydrogens is 348 g/mol. The van der Waals surface area contributed by atoms with Crippen molar-refractivity contribution in [1.82, 2.24) is 20.1 Å². The van der Waals surface area contributed by atoms with Gasteiger partial charge in [0, 0.05) is 43.7 Å². The summed E-state index contributed by atoms with van der Waals surface area (Å²) in [6, 6.07) is 9.90.